The third-order valence-corrected chi connectivity index (χ3v) is 12.1. The third-order valence-electron chi connectivity index (χ3n) is 6.84. The number of alkyl halides is 1. The highest BCUT2D eigenvalue weighted by Gasteiger charge is 2.39. The molecule has 1 atom stereocenters. The number of nitrogens with one attached hydrogen (secondary N) is 1. The Morgan fingerprint density at radius 1 is 1.16 bits per heavy atom. The molecule has 0 fully saturated rings. The van der Waals surface area contributed by atoms with Crippen LogP contribution >= 0.6 is 45.2 Å². The zero-order chi connectivity index (χ0) is 28.8. The van der Waals surface area contributed by atoms with E-state index in [0.29, 0.717) is 9.99 Å². The van der Waals surface area contributed by atoms with Crippen LogP contribution in [-0.2, 0) is 14.0 Å². The van der Waals surface area contributed by atoms with E-state index in [1.54, 1.807) is 13.0 Å². The van der Waals surface area contributed by atoms with Crippen molar-refractivity contribution >= 4 is 65.3 Å². The van der Waals surface area contributed by atoms with Crippen molar-refractivity contribution in [1.29, 1.82) is 0 Å². The summed E-state index contributed by atoms with van der Waals surface area (Å²) in [7, 11) is -2.36. The number of hydrogen-bond donors (Lipinski definition) is 2. The number of esters is 1. The Bertz CT molecular complexity index is 978. The topological polar surface area (TPSA) is 84.9 Å². The van der Waals surface area contributed by atoms with Crippen LogP contribution in [-0.4, -0.2) is 43.6 Å². The molecule has 0 unspecified atom stereocenters. The Hall–Kier alpha value is -0.663. The van der Waals surface area contributed by atoms with E-state index in [-0.39, 0.29) is 40.6 Å². The first kappa shape index (κ1) is 34.4. The highest BCUT2D eigenvalue weighted by molar-refractivity contribution is 14.1. The molecule has 0 aliphatic heterocycles. The van der Waals surface area contributed by atoms with Gasteiger partial charge in [0, 0.05) is 22.2 Å². The second-order valence-corrected chi connectivity index (χ2v) is 18.3. The Morgan fingerprint density at radius 3 is 2.22 bits per heavy atom. The van der Waals surface area contributed by atoms with Crippen LogP contribution in [0.4, 0.5) is 0 Å². The molecule has 0 saturated heterocycles. The molecule has 2 N–H and O–H groups in total. The normalized spacial score (nSPS) is 13.9. The summed E-state index contributed by atoms with van der Waals surface area (Å²) < 4.78 is 12.6. The average molecular weight is 758 g/mol. The number of carbonyl (C=O) groups excluding carboxylic acids is 2. The zero-order valence-corrected chi connectivity index (χ0v) is 29.4. The van der Waals surface area contributed by atoms with Crippen molar-refractivity contribution in [2.75, 3.05) is 6.61 Å². The molecule has 0 heterocycles. The van der Waals surface area contributed by atoms with E-state index in [1.807, 2.05) is 33.0 Å². The number of benzene rings is 1. The van der Waals surface area contributed by atoms with Gasteiger partial charge in [0.05, 0.1) is 16.3 Å². The quantitative estimate of drug-likeness (QED) is 0.0319. The van der Waals surface area contributed by atoms with Gasteiger partial charge in [-0.05, 0) is 97.4 Å². The molecule has 0 spiro atoms. The van der Waals surface area contributed by atoms with E-state index in [2.05, 4.69) is 85.1 Å². The first-order chi connectivity index (χ1) is 16.9. The smallest absolute Gasteiger partial charge is 0.343 e. The van der Waals surface area contributed by atoms with Crippen molar-refractivity contribution in [3.8, 4) is 5.75 Å². The molecule has 0 amide bonds. The molecule has 1 aromatic rings. The highest BCUT2D eigenvalue weighted by Crippen LogP contribution is 2.41. The van der Waals surface area contributed by atoms with Crippen LogP contribution in [0.1, 0.15) is 84.2 Å². The average Bonchev–Trinajstić information content (AvgIpc) is 2.74. The number of ketones is 1. The summed E-state index contributed by atoms with van der Waals surface area (Å²) in [5.41, 5.74) is 1.11. The summed E-state index contributed by atoms with van der Waals surface area (Å²) in [5, 5.41) is 3.21. The molecule has 0 aromatic heterocycles. The van der Waals surface area contributed by atoms with Gasteiger partial charge in [-0.3, -0.25) is 4.79 Å². The van der Waals surface area contributed by atoms with Crippen LogP contribution in [0.25, 0.3) is 0 Å². The van der Waals surface area contributed by atoms with Crippen LogP contribution < -0.4 is 10.1 Å². The summed E-state index contributed by atoms with van der Waals surface area (Å²) in [6.45, 7) is 20.4. The summed E-state index contributed by atoms with van der Waals surface area (Å²) in [6, 6.07) is 3.66. The van der Waals surface area contributed by atoms with E-state index >= 15 is 0 Å². The fraction of sp³-hybridized carbons (Fsp3) is 0.643. The first-order valence-electron chi connectivity index (χ1n) is 12.8. The maximum Gasteiger partial charge on any atom is 0.343 e. The van der Waals surface area contributed by atoms with Gasteiger partial charge in [-0.1, -0.05) is 57.2 Å². The van der Waals surface area contributed by atoms with Crippen LogP contribution in [0.15, 0.2) is 23.9 Å². The van der Waals surface area contributed by atoms with Gasteiger partial charge in [0.1, 0.15) is 11.3 Å². The van der Waals surface area contributed by atoms with E-state index < -0.39 is 14.3 Å². The van der Waals surface area contributed by atoms with Gasteiger partial charge in [0.2, 0.25) is 5.78 Å². The summed E-state index contributed by atoms with van der Waals surface area (Å²) in [5.74, 6) is -0.290. The summed E-state index contributed by atoms with van der Waals surface area (Å²) in [6.07, 6.45) is 3.15. The number of Topliss-reactive ketones (excluding diaryl/α,β-unsaturated/α-hetero) is 1. The maximum absolute atomic E-state index is 13.8. The van der Waals surface area contributed by atoms with Crippen molar-refractivity contribution in [3.63, 3.8) is 0 Å². The second-order valence-electron chi connectivity index (χ2n) is 11.9. The number of rotatable bonds is 13. The molecule has 37 heavy (non-hydrogen) atoms. The lowest BCUT2D eigenvalue weighted by atomic mass is 9.82. The molecule has 0 bridgehead atoms. The molecule has 6 nitrogen and oxygen atoms in total. The largest absolute Gasteiger partial charge is 0.490 e. The summed E-state index contributed by atoms with van der Waals surface area (Å²) >= 11 is 4.38. The van der Waals surface area contributed by atoms with Crippen LogP contribution in [0.2, 0.25) is 18.1 Å². The van der Waals surface area contributed by atoms with Crippen LogP contribution in [0.5, 0.6) is 5.75 Å². The van der Waals surface area contributed by atoms with Crippen LogP contribution in [0.3, 0.4) is 0 Å². The van der Waals surface area contributed by atoms with Crippen LogP contribution in [0, 0.1) is 8.99 Å². The standard InChI is InChI=1S/C28H45I2NO5Si/c1-11-35-26(33)21(17-31-24(27(4,5)6)12-13-28(7,8)37(9,10)34)25(32)20-15-22(30)23(36-18(2)3)14-19(20)16-29/h14-15,17-18,24,31,34H,11-13,16H2,1-10H3/t24-/m1/s1. The SMILES string of the molecule is CCOC(=O)C(=CN[C@H](CCC(C)(C)[Si](C)(C)O)C(C)(C)C)C(=O)c1cc(I)c(OC(C)C)cc1CI. The van der Waals surface area contributed by atoms with Gasteiger partial charge in [0.25, 0.3) is 0 Å². The molecule has 0 saturated carbocycles. The molecular weight excluding hydrogens is 712 g/mol. The van der Waals surface area contributed by atoms with Gasteiger partial charge in [-0.15, -0.1) is 0 Å². The number of ether oxygens (including phenoxy) is 2. The molecular formula is C28H45I2NO5Si. The Balaban J connectivity index is 3.43. The number of hydrogen-bond acceptors (Lipinski definition) is 6. The summed E-state index contributed by atoms with van der Waals surface area (Å²) in [4.78, 5) is 37.5. The minimum atomic E-state index is -2.36. The lowest BCUT2D eigenvalue weighted by Gasteiger charge is -2.38. The molecule has 0 aliphatic carbocycles. The molecule has 0 aliphatic rings. The third kappa shape index (κ3) is 10.1. The van der Waals surface area contributed by atoms with E-state index in [4.69, 9.17) is 9.47 Å². The Kier molecular flexibility index (Phi) is 13.1. The number of halogens is 2. The fourth-order valence-electron chi connectivity index (χ4n) is 3.59. The number of carbonyl (C=O) groups is 2. The van der Waals surface area contributed by atoms with Crippen molar-refractivity contribution in [2.24, 2.45) is 5.41 Å². The highest BCUT2D eigenvalue weighted by atomic mass is 127. The van der Waals surface area contributed by atoms with Gasteiger partial charge < -0.3 is 19.6 Å². The van der Waals surface area contributed by atoms with Gasteiger partial charge in [0.15, 0.2) is 8.32 Å². The van der Waals surface area contributed by atoms with Gasteiger partial charge in [-0.25, -0.2) is 4.79 Å². The van der Waals surface area contributed by atoms with Crippen molar-refractivity contribution < 1.29 is 23.9 Å². The molecule has 1 rings (SSSR count). The zero-order valence-electron chi connectivity index (χ0n) is 24.1. The van der Waals surface area contributed by atoms with E-state index in [9.17, 15) is 14.4 Å². The monoisotopic (exact) mass is 757 g/mol. The lowest BCUT2D eigenvalue weighted by molar-refractivity contribution is -0.138. The van der Waals surface area contributed by atoms with E-state index in [0.717, 1.165) is 27.7 Å². The molecule has 9 heteroatoms. The molecule has 1 aromatic carbocycles. The Morgan fingerprint density at radius 2 is 1.76 bits per heavy atom. The van der Waals surface area contributed by atoms with Crippen molar-refractivity contribution in [1.82, 2.24) is 5.32 Å². The Labute approximate surface area is 252 Å². The van der Waals surface area contributed by atoms with E-state index in [1.165, 1.54) is 6.20 Å². The van der Waals surface area contributed by atoms with Gasteiger partial charge >= 0.3 is 5.97 Å². The predicted molar refractivity (Wildman–Crippen MR) is 171 cm³/mol. The molecule has 0 radical (unpaired) electrons. The lowest BCUT2D eigenvalue weighted by Crippen LogP contribution is -2.43. The minimum Gasteiger partial charge on any atom is -0.490 e. The van der Waals surface area contributed by atoms with Crippen molar-refractivity contribution in [3.05, 3.63) is 38.6 Å². The first-order valence-corrected chi connectivity index (χ1v) is 18.4. The predicted octanol–water partition coefficient (Wildman–Crippen LogP) is 7.41. The van der Waals surface area contributed by atoms with Crippen molar-refractivity contribution in [2.45, 2.75) is 103 Å². The molecule has 210 valence electrons. The fourth-order valence-corrected chi connectivity index (χ4v) is 5.58. The maximum atomic E-state index is 13.8. The second kappa shape index (κ2) is 14.1. The minimum absolute atomic E-state index is 0.00898. The van der Waals surface area contributed by atoms with Gasteiger partial charge in [-0.2, -0.15) is 0 Å².